The predicted octanol–water partition coefficient (Wildman–Crippen LogP) is 2.20. The van der Waals surface area contributed by atoms with Gasteiger partial charge in [-0.25, -0.2) is 8.42 Å². The Labute approximate surface area is 138 Å². The number of hydrogen-bond acceptors (Lipinski definition) is 7. The number of rotatable bonds is 4. The van der Waals surface area contributed by atoms with Gasteiger partial charge in [0.25, 0.3) is 5.69 Å². The molecule has 128 valence electrons. The van der Waals surface area contributed by atoms with E-state index in [0.29, 0.717) is 30.8 Å². The van der Waals surface area contributed by atoms with Gasteiger partial charge in [0.15, 0.2) is 5.82 Å². The van der Waals surface area contributed by atoms with Crippen LogP contribution in [0.5, 0.6) is 0 Å². The summed E-state index contributed by atoms with van der Waals surface area (Å²) in [4.78, 5) is 14.4. The highest BCUT2D eigenvalue weighted by Gasteiger charge is 2.37. The van der Waals surface area contributed by atoms with Gasteiger partial charge in [-0.3, -0.25) is 10.1 Å². The van der Waals surface area contributed by atoms with Gasteiger partial charge in [-0.05, 0) is 25.8 Å². The van der Waals surface area contributed by atoms with Crippen molar-refractivity contribution in [3.05, 3.63) is 46.1 Å². The van der Waals surface area contributed by atoms with Crippen molar-refractivity contribution in [2.24, 2.45) is 0 Å². The van der Waals surface area contributed by atoms with Crippen molar-refractivity contribution in [1.29, 1.82) is 0 Å². The van der Waals surface area contributed by atoms with Crippen molar-refractivity contribution in [2.75, 3.05) is 6.54 Å². The average Bonchev–Trinajstić information content (AvgIpc) is 3.09. The van der Waals surface area contributed by atoms with Crippen LogP contribution in [-0.2, 0) is 10.0 Å². The summed E-state index contributed by atoms with van der Waals surface area (Å²) in [6.45, 7) is 1.88. The Balaban J connectivity index is 2.02. The van der Waals surface area contributed by atoms with Crippen LogP contribution in [-0.4, -0.2) is 34.3 Å². The Bertz CT molecular complexity index is 850. The number of nitrogens with zero attached hydrogens (tertiary/aromatic N) is 4. The number of sulfonamides is 1. The molecule has 1 aliphatic rings. The number of hydrogen-bond donors (Lipinski definition) is 0. The molecule has 0 aliphatic carbocycles. The van der Waals surface area contributed by atoms with E-state index in [9.17, 15) is 18.5 Å². The first-order valence-corrected chi connectivity index (χ1v) is 8.88. The molecule has 2 heterocycles. The molecule has 0 radical (unpaired) electrons. The lowest BCUT2D eigenvalue weighted by atomic mass is 10.0. The first-order valence-electron chi connectivity index (χ1n) is 7.44. The molecule has 0 unspecified atom stereocenters. The molecule has 24 heavy (non-hydrogen) atoms. The molecule has 0 amide bonds. The molecule has 10 heteroatoms. The molecule has 1 aromatic carbocycles. The van der Waals surface area contributed by atoms with E-state index in [-0.39, 0.29) is 10.6 Å². The van der Waals surface area contributed by atoms with E-state index < -0.39 is 21.0 Å². The van der Waals surface area contributed by atoms with E-state index in [2.05, 4.69) is 10.1 Å². The second-order valence-corrected chi connectivity index (χ2v) is 7.51. The maximum Gasteiger partial charge on any atom is 0.273 e. The van der Waals surface area contributed by atoms with Gasteiger partial charge in [0, 0.05) is 18.2 Å². The third kappa shape index (κ3) is 2.89. The molecule has 0 bridgehead atoms. The second-order valence-electron chi connectivity index (χ2n) is 5.62. The Kier molecular flexibility index (Phi) is 4.33. The molecule has 1 aromatic heterocycles. The van der Waals surface area contributed by atoms with Crippen molar-refractivity contribution in [1.82, 2.24) is 14.4 Å². The summed E-state index contributed by atoms with van der Waals surface area (Å²) in [6.07, 6.45) is 3.29. The van der Waals surface area contributed by atoms with E-state index in [0.717, 1.165) is 18.9 Å². The summed E-state index contributed by atoms with van der Waals surface area (Å²) in [5, 5.41) is 14.8. The van der Waals surface area contributed by atoms with Crippen LogP contribution in [0.15, 0.2) is 34.0 Å². The molecule has 3 rings (SSSR count). The molecule has 1 atom stereocenters. The van der Waals surface area contributed by atoms with Crippen molar-refractivity contribution in [3.8, 4) is 0 Å². The minimum absolute atomic E-state index is 0.102. The van der Waals surface area contributed by atoms with Crippen LogP contribution in [0.3, 0.4) is 0 Å². The van der Waals surface area contributed by atoms with Gasteiger partial charge in [-0.15, -0.1) is 0 Å². The first-order chi connectivity index (χ1) is 11.4. The van der Waals surface area contributed by atoms with Crippen LogP contribution in [0.1, 0.15) is 36.7 Å². The Morgan fingerprint density at radius 1 is 1.38 bits per heavy atom. The number of aromatic nitrogens is 2. The minimum Gasteiger partial charge on any atom is -0.343 e. The van der Waals surface area contributed by atoms with Gasteiger partial charge < -0.3 is 4.52 Å². The number of aryl methyl sites for hydroxylation is 1. The van der Waals surface area contributed by atoms with E-state index in [1.807, 2.05) is 0 Å². The molecule has 1 saturated heterocycles. The quantitative estimate of drug-likeness (QED) is 0.611. The summed E-state index contributed by atoms with van der Waals surface area (Å²) in [5.41, 5.74) is 0.191. The number of nitro benzene ring substituents is 1. The summed E-state index contributed by atoms with van der Waals surface area (Å²) in [5.74, 6) is 0.305. The molecule has 2 aromatic rings. The van der Waals surface area contributed by atoms with Crippen LogP contribution in [0.25, 0.3) is 0 Å². The van der Waals surface area contributed by atoms with E-state index in [1.54, 1.807) is 6.92 Å². The zero-order valence-electron chi connectivity index (χ0n) is 13.0. The number of piperidine rings is 1. The van der Waals surface area contributed by atoms with Crippen LogP contribution >= 0.6 is 0 Å². The molecule has 1 fully saturated rings. The largest absolute Gasteiger partial charge is 0.343 e. The SMILES string of the molecule is Cc1ccc(S(=O)(=O)N2CCCC[C@@H]2c2ncon2)cc1[N+](=O)[O-]. The highest BCUT2D eigenvalue weighted by atomic mass is 32.2. The topological polar surface area (TPSA) is 119 Å². The van der Waals surface area contributed by atoms with E-state index in [1.165, 1.54) is 16.4 Å². The van der Waals surface area contributed by atoms with Crippen molar-refractivity contribution >= 4 is 15.7 Å². The maximum absolute atomic E-state index is 13.0. The number of benzene rings is 1. The van der Waals surface area contributed by atoms with Crippen molar-refractivity contribution in [3.63, 3.8) is 0 Å². The molecule has 0 N–H and O–H groups in total. The van der Waals surface area contributed by atoms with Crippen LogP contribution in [0.4, 0.5) is 5.69 Å². The fourth-order valence-corrected chi connectivity index (χ4v) is 4.53. The Hall–Kier alpha value is -2.33. The third-order valence-corrected chi connectivity index (χ3v) is 6.02. The normalized spacial score (nSPS) is 19.3. The second kappa shape index (κ2) is 6.29. The van der Waals surface area contributed by atoms with Crippen LogP contribution < -0.4 is 0 Å². The van der Waals surface area contributed by atoms with Gasteiger partial charge in [0.1, 0.15) is 0 Å². The summed E-state index contributed by atoms with van der Waals surface area (Å²) in [7, 11) is -3.90. The van der Waals surface area contributed by atoms with Crippen LogP contribution in [0, 0.1) is 17.0 Å². The molecule has 9 nitrogen and oxygen atoms in total. The summed E-state index contributed by atoms with van der Waals surface area (Å²) < 4.78 is 32.0. The highest BCUT2D eigenvalue weighted by molar-refractivity contribution is 7.89. The molecule has 0 saturated carbocycles. The minimum atomic E-state index is -3.90. The number of nitro groups is 1. The third-order valence-electron chi connectivity index (χ3n) is 4.11. The monoisotopic (exact) mass is 352 g/mol. The van der Waals surface area contributed by atoms with Crippen molar-refractivity contribution in [2.45, 2.75) is 37.1 Å². The fourth-order valence-electron chi connectivity index (χ4n) is 2.86. The Morgan fingerprint density at radius 2 is 2.17 bits per heavy atom. The first kappa shape index (κ1) is 16.5. The molecule has 1 aliphatic heterocycles. The Morgan fingerprint density at radius 3 is 2.83 bits per heavy atom. The van der Waals surface area contributed by atoms with Gasteiger partial charge in [0.2, 0.25) is 16.4 Å². The summed E-state index contributed by atoms with van der Waals surface area (Å²) in [6, 6.07) is 3.41. The molecular formula is C14H16N4O5S. The highest BCUT2D eigenvalue weighted by Crippen LogP contribution is 2.35. The fraction of sp³-hybridized carbons (Fsp3) is 0.429. The maximum atomic E-state index is 13.0. The smallest absolute Gasteiger partial charge is 0.273 e. The van der Waals surface area contributed by atoms with E-state index >= 15 is 0 Å². The van der Waals surface area contributed by atoms with Gasteiger partial charge >= 0.3 is 0 Å². The van der Waals surface area contributed by atoms with E-state index in [4.69, 9.17) is 4.52 Å². The molecule has 0 spiro atoms. The van der Waals surface area contributed by atoms with Crippen LogP contribution in [0.2, 0.25) is 0 Å². The van der Waals surface area contributed by atoms with Gasteiger partial charge in [0.05, 0.1) is 15.9 Å². The molecular weight excluding hydrogens is 336 g/mol. The zero-order valence-corrected chi connectivity index (χ0v) is 13.8. The average molecular weight is 352 g/mol. The lowest BCUT2D eigenvalue weighted by molar-refractivity contribution is -0.385. The lowest BCUT2D eigenvalue weighted by Gasteiger charge is -2.32. The van der Waals surface area contributed by atoms with Gasteiger partial charge in [-0.1, -0.05) is 17.6 Å². The lowest BCUT2D eigenvalue weighted by Crippen LogP contribution is -2.39. The van der Waals surface area contributed by atoms with Crippen molar-refractivity contribution < 1.29 is 17.9 Å². The zero-order chi connectivity index (χ0) is 17.3. The standard InChI is InChI=1S/C14H16N4O5S/c1-10-5-6-11(8-13(10)18(19)20)24(21,22)17-7-3-2-4-12(17)14-15-9-23-16-14/h5-6,8-9,12H,2-4,7H2,1H3/t12-/m1/s1. The summed E-state index contributed by atoms with van der Waals surface area (Å²) >= 11 is 0. The predicted molar refractivity (Wildman–Crippen MR) is 82.6 cm³/mol. The van der Waals surface area contributed by atoms with Gasteiger partial charge in [-0.2, -0.15) is 9.29 Å².